The number of ether oxygens (including phenoxy) is 3. The molecule has 2 N–H and O–H groups in total. The van der Waals surface area contributed by atoms with E-state index in [1.54, 1.807) is 13.2 Å². The molecular formula is C27H30N2O4. The van der Waals surface area contributed by atoms with Crippen molar-refractivity contribution in [2.45, 2.75) is 32.5 Å². The summed E-state index contributed by atoms with van der Waals surface area (Å²) in [5.41, 5.74) is 3.69. The zero-order chi connectivity index (χ0) is 23.2. The van der Waals surface area contributed by atoms with Crippen molar-refractivity contribution in [3.63, 3.8) is 0 Å². The molecule has 0 saturated carbocycles. The first-order chi connectivity index (χ1) is 16.1. The van der Waals surface area contributed by atoms with Gasteiger partial charge in [0.25, 0.3) is 0 Å². The standard InChI is InChI=1S/C27H30N2O4/c1-4-32-24-11-7-6-9-21(24)27-28-22(18-13-15-19(31-3)16-14-18)17-23(29-27)20-10-8-12-25(26(20)30)33-5-2/h6-16,23,27,29-30H,4-5,17H2,1-3H3. The van der Waals surface area contributed by atoms with Crippen LogP contribution in [-0.4, -0.2) is 31.1 Å². The van der Waals surface area contributed by atoms with Gasteiger partial charge in [-0.25, -0.2) is 0 Å². The van der Waals surface area contributed by atoms with Crippen molar-refractivity contribution in [2.24, 2.45) is 4.99 Å². The number of hydrogen-bond donors (Lipinski definition) is 2. The van der Waals surface area contributed by atoms with E-state index in [1.165, 1.54) is 0 Å². The van der Waals surface area contributed by atoms with Crippen LogP contribution < -0.4 is 19.5 Å². The summed E-state index contributed by atoms with van der Waals surface area (Å²) in [6.45, 7) is 4.93. The molecule has 6 heteroatoms. The minimum Gasteiger partial charge on any atom is -0.504 e. The van der Waals surface area contributed by atoms with Crippen LogP contribution in [0.4, 0.5) is 0 Å². The van der Waals surface area contributed by atoms with Crippen molar-refractivity contribution < 1.29 is 19.3 Å². The molecule has 1 aliphatic rings. The third-order valence-corrected chi connectivity index (χ3v) is 5.68. The Balaban J connectivity index is 1.77. The van der Waals surface area contributed by atoms with E-state index in [2.05, 4.69) is 5.32 Å². The van der Waals surface area contributed by atoms with Crippen molar-refractivity contribution in [3.8, 4) is 23.0 Å². The van der Waals surface area contributed by atoms with Gasteiger partial charge in [-0.15, -0.1) is 0 Å². The second kappa shape index (κ2) is 10.4. The van der Waals surface area contributed by atoms with E-state index in [0.717, 1.165) is 33.9 Å². The molecule has 6 nitrogen and oxygen atoms in total. The molecule has 33 heavy (non-hydrogen) atoms. The summed E-state index contributed by atoms with van der Waals surface area (Å²) in [4.78, 5) is 5.06. The number of benzene rings is 3. The van der Waals surface area contributed by atoms with Crippen molar-refractivity contribution >= 4 is 5.71 Å². The predicted octanol–water partition coefficient (Wildman–Crippen LogP) is 5.42. The highest BCUT2D eigenvalue weighted by atomic mass is 16.5. The number of aliphatic imine (C=N–C) groups is 1. The first-order valence-corrected chi connectivity index (χ1v) is 11.3. The molecule has 1 heterocycles. The number of rotatable bonds is 8. The lowest BCUT2D eigenvalue weighted by Gasteiger charge is -2.31. The van der Waals surface area contributed by atoms with Crippen LogP contribution in [0.3, 0.4) is 0 Å². The zero-order valence-electron chi connectivity index (χ0n) is 19.2. The van der Waals surface area contributed by atoms with Crippen LogP contribution >= 0.6 is 0 Å². The second-order valence-electron chi connectivity index (χ2n) is 7.73. The second-order valence-corrected chi connectivity index (χ2v) is 7.73. The third kappa shape index (κ3) is 4.96. The van der Waals surface area contributed by atoms with Crippen molar-refractivity contribution in [3.05, 3.63) is 83.4 Å². The topological polar surface area (TPSA) is 72.3 Å². The number of methoxy groups -OCH3 is 1. The maximum atomic E-state index is 10.9. The number of nitrogens with zero attached hydrogens (tertiary/aromatic N) is 1. The highest BCUT2D eigenvalue weighted by molar-refractivity contribution is 6.01. The maximum absolute atomic E-state index is 10.9. The van der Waals surface area contributed by atoms with Gasteiger partial charge in [0.05, 0.1) is 20.3 Å². The molecule has 0 amide bonds. The quantitative estimate of drug-likeness (QED) is 0.483. The van der Waals surface area contributed by atoms with Crippen molar-refractivity contribution in [1.29, 1.82) is 0 Å². The molecule has 0 aliphatic carbocycles. The third-order valence-electron chi connectivity index (χ3n) is 5.68. The van der Waals surface area contributed by atoms with Gasteiger partial charge in [0.2, 0.25) is 0 Å². The van der Waals surface area contributed by atoms with E-state index in [9.17, 15) is 5.11 Å². The molecule has 4 rings (SSSR count). The summed E-state index contributed by atoms with van der Waals surface area (Å²) in [6.07, 6.45) is 0.279. The fraction of sp³-hybridized carbons (Fsp3) is 0.296. The summed E-state index contributed by atoms with van der Waals surface area (Å²) in [7, 11) is 1.65. The van der Waals surface area contributed by atoms with Gasteiger partial charge in [-0.05, 0) is 55.8 Å². The molecule has 0 spiro atoms. The fourth-order valence-electron chi connectivity index (χ4n) is 4.11. The SMILES string of the molecule is CCOc1ccccc1C1N=C(c2ccc(OC)cc2)CC(c2cccc(OCC)c2O)N1. The molecule has 0 bridgehead atoms. The first kappa shape index (κ1) is 22.7. The average molecular weight is 447 g/mol. The zero-order valence-corrected chi connectivity index (χ0v) is 19.2. The lowest BCUT2D eigenvalue weighted by Crippen LogP contribution is -2.33. The van der Waals surface area contributed by atoms with E-state index in [4.69, 9.17) is 19.2 Å². The number of para-hydroxylation sites is 2. The Morgan fingerprint density at radius 3 is 2.27 bits per heavy atom. The summed E-state index contributed by atoms with van der Waals surface area (Å²) in [5.74, 6) is 2.23. The van der Waals surface area contributed by atoms with Gasteiger partial charge < -0.3 is 19.3 Å². The normalized spacial score (nSPS) is 17.8. The minimum absolute atomic E-state index is 0.157. The van der Waals surface area contributed by atoms with Gasteiger partial charge in [-0.3, -0.25) is 10.3 Å². The average Bonchev–Trinajstić information content (AvgIpc) is 2.86. The van der Waals surface area contributed by atoms with Gasteiger partial charge in [0.1, 0.15) is 17.7 Å². The maximum Gasteiger partial charge on any atom is 0.162 e. The van der Waals surface area contributed by atoms with Gasteiger partial charge >= 0.3 is 0 Å². The van der Waals surface area contributed by atoms with E-state index in [0.29, 0.717) is 25.4 Å². The fourth-order valence-corrected chi connectivity index (χ4v) is 4.11. The Hall–Kier alpha value is -3.51. The van der Waals surface area contributed by atoms with Crippen LogP contribution in [0.5, 0.6) is 23.0 Å². The van der Waals surface area contributed by atoms with Crippen LogP contribution in [0, 0.1) is 0 Å². The number of nitrogens with one attached hydrogen (secondary N) is 1. The Kier molecular flexibility index (Phi) is 7.15. The van der Waals surface area contributed by atoms with E-state index < -0.39 is 0 Å². The van der Waals surface area contributed by atoms with E-state index in [-0.39, 0.29) is 18.0 Å². The van der Waals surface area contributed by atoms with Gasteiger partial charge in [-0.2, -0.15) is 0 Å². The van der Waals surface area contributed by atoms with Crippen molar-refractivity contribution in [1.82, 2.24) is 5.32 Å². The van der Waals surface area contributed by atoms with Crippen LogP contribution in [-0.2, 0) is 0 Å². The molecule has 0 saturated heterocycles. The molecule has 0 radical (unpaired) electrons. The number of aromatic hydroxyl groups is 1. The largest absolute Gasteiger partial charge is 0.504 e. The molecule has 2 unspecified atom stereocenters. The smallest absolute Gasteiger partial charge is 0.162 e. The van der Waals surface area contributed by atoms with Crippen LogP contribution in [0.1, 0.15) is 49.2 Å². The Morgan fingerprint density at radius 2 is 1.55 bits per heavy atom. The highest BCUT2D eigenvalue weighted by Gasteiger charge is 2.30. The number of phenolic OH excluding ortho intramolecular Hbond substituents is 1. The Morgan fingerprint density at radius 1 is 0.879 bits per heavy atom. The number of hydrogen-bond acceptors (Lipinski definition) is 6. The first-order valence-electron chi connectivity index (χ1n) is 11.3. The highest BCUT2D eigenvalue weighted by Crippen LogP contribution is 2.40. The molecule has 0 fully saturated rings. The van der Waals surface area contributed by atoms with Gasteiger partial charge in [0, 0.05) is 29.3 Å². The molecule has 0 aromatic heterocycles. The Labute approximate surface area is 194 Å². The molecule has 172 valence electrons. The van der Waals surface area contributed by atoms with Crippen LogP contribution in [0.25, 0.3) is 0 Å². The van der Waals surface area contributed by atoms with Crippen LogP contribution in [0.15, 0.2) is 71.7 Å². The Bertz CT molecular complexity index is 1110. The molecule has 3 aromatic rings. The lowest BCUT2D eigenvalue weighted by atomic mass is 9.93. The monoisotopic (exact) mass is 446 g/mol. The summed E-state index contributed by atoms with van der Waals surface area (Å²) >= 11 is 0. The van der Waals surface area contributed by atoms with E-state index >= 15 is 0 Å². The summed E-state index contributed by atoms with van der Waals surface area (Å²) in [6, 6.07) is 21.3. The lowest BCUT2D eigenvalue weighted by molar-refractivity contribution is 0.311. The summed E-state index contributed by atoms with van der Waals surface area (Å²) < 4.78 is 16.8. The molecule has 3 aromatic carbocycles. The number of phenols is 1. The van der Waals surface area contributed by atoms with Crippen LogP contribution in [0.2, 0.25) is 0 Å². The summed E-state index contributed by atoms with van der Waals surface area (Å²) in [5, 5.41) is 14.6. The van der Waals surface area contributed by atoms with Gasteiger partial charge in [-0.1, -0.05) is 30.3 Å². The van der Waals surface area contributed by atoms with Crippen molar-refractivity contribution in [2.75, 3.05) is 20.3 Å². The molecule has 1 aliphatic heterocycles. The molecular weight excluding hydrogens is 416 g/mol. The molecule has 2 atom stereocenters. The van der Waals surface area contributed by atoms with Gasteiger partial charge in [0.15, 0.2) is 11.5 Å². The predicted molar refractivity (Wildman–Crippen MR) is 130 cm³/mol. The van der Waals surface area contributed by atoms with E-state index in [1.807, 2.05) is 74.5 Å². The minimum atomic E-state index is -0.334.